The number of hydrogen-bond donors (Lipinski definition) is 1. The number of methoxy groups -OCH3 is 1. The Labute approximate surface area is 106 Å². The molecule has 0 fully saturated rings. The summed E-state index contributed by atoms with van der Waals surface area (Å²) in [4.78, 5) is 1.15. The average Bonchev–Trinajstić information content (AvgIpc) is 2.37. The number of para-hydroxylation sites is 1. The normalized spacial score (nSPS) is 10.2. The number of anilines is 1. The van der Waals surface area contributed by atoms with Crippen LogP contribution < -0.4 is 10.5 Å². The van der Waals surface area contributed by atoms with Gasteiger partial charge in [-0.05, 0) is 29.8 Å². The number of nitrogens with two attached hydrogens (primary N) is 1. The Morgan fingerprint density at radius 2 is 1.94 bits per heavy atom. The molecule has 2 nitrogen and oxygen atoms in total. The first-order valence-corrected chi connectivity index (χ1v) is 6.38. The standard InChI is InChI=1S/C14H15NOS/c1-16-13-7-2-3-8-14(13)17-10-11-5-4-6-12(15)9-11/h2-9H,10,15H2,1H3. The zero-order valence-electron chi connectivity index (χ0n) is 9.72. The molecule has 0 saturated carbocycles. The van der Waals surface area contributed by atoms with Crippen molar-refractivity contribution in [3.8, 4) is 5.75 Å². The summed E-state index contributed by atoms with van der Waals surface area (Å²) >= 11 is 1.75. The van der Waals surface area contributed by atoms with Crippen LogP contribution in [0.1, 0.15) is 5.56 Å². The molecule has 3 heteroatoms. The molecule has 0 aromatic heterocycles. The molecule has 0 spiro atoms. The minimum Gasteiger partial charge on any atom is -0.496 e. The van der Waals surface area contributed by atoms with E-state index < -0.39 is 0 Å². The molecular weight excluding hydrogens is 230 g/mol. The van der Waals surface area contributed by atoms with Crippen molar-refractivity contribution in [2.24, 2.45) is 0 Å². The quantitative estimate of drug-likeness (QED) is 0.660. The molecule has 0 aliphatic carbocycles. The molecule has 0 heterocycles. The van der Waals surface area contributed by atoms with Crippen LogP contribution in [0.25, 0.3) is 0 Å². The number of ether oxygens (including phenoxy) is 1. The van der Waals surface area contributed by atoms with Gasteiger partial charge in [0.2, 0.25) is 0 Å². The maximum atomic E-state index is 5.75. The second-order valence-electron chi connectivity index (χ2n) is 3.68. The SMILES string of the molecule is COc1ccccc1SCc1cccc(N)c1. The molecule has 0 aliphatic rings. The van der Waals surface area contributed by atoms with Crippen LogP contribution in [0.5, 0.6) is 5.75 Å². The van der Waals surface area contributed by atoms with Gasteiger partial charge in [0.05, 0.1) is 7.11 Å². The fourth-order valence-electron chi connectivity index (χ4n) is 1.58. The maximum Gasteiger partial charge on any atom is 0.132 e. The van der Waals surface area contributed by atoms with Crippen LogP contribution in [-0.2, 0) is 5.75 Å². The summed E-state index contributed by atoms with van der Waals surface area (Å²) in [5.74, 6) is 1.81. The highest BCUT2D eigenvalue weighted by atomic mass is 32.2. The van der Waals surface area contributed by atoms with Crippen molar-refractivity contribution >= 4 is 17.4 Å². The van der Waals surface area contributed by atoms with Crippen LogP contribution in [0.4, 0.5) is 5.69 Å². The van der Waals surface area contributed by atoms with Gasteiger partial charge in [0.15, 0.2) is 0 Å². The van der Waals surface area contributed by atoms with E-state index in [2.05, 4.69) is 12.1 Å². The van der Waals surface area contributed by atoms with E-state index in [9.17, 15) is 0 Å². The number of thioether (sulfide) groups is 1. The molecule has 0 amide bonds. The first kappa shape index (κ1) is 11.9. The Morgan fingerprint density at radius 3 is 2.71 bits per heavy atom. The fraction of sp³-hybridized carbons (Fsp3) is 0.143. The monoisotopic (exact) mass is 245 g/mol. The van der Waals surface area contributed by atoms with E-state index in [0.29, 0.717) is 0 Å². The lowest BCUT2D eigenvalue weighted by Crippen LogP contribution is -1.88. The summed E-state index contributed by atoms with van der Waals surface area (Å²) in [6.45, 7) is 0. The topological polar surface area (TPSA) is 35.2 Å². The molecule has 0 radical (unpaired) electrons. The van der Waals surface area contributed by atoms with E-state index in [0.717, 1.165) is 22.1 Å². The van der Waals surface area contributed by atoms with Crippen LogP contribution in [0, 0.1) is 0 Å². The van der Waals surface area contributed by atoms with E-state index >= 15 is 0 Å². The van der Waals surface area contributed by atoms with Crippen molar-refractivity contribution in [1.82, 2.24) is 0 Å². The molecular formula is C14H15NOS. The van der Waals surface area contributed by atoms with Crippen molar-refractivity contribution in [3.05, 3.63) is 54.1 Å². The Morgan fingerprint density at radius 1 is 1.12 bits per heavy atom. The summed E-state index contributed by atoms with van der Waals surface area (Å²) in [6.07, 6.45) is 0. The second kappa shape index (κ2) is 5.64. The Balaban J connectivity index is 2.07. The van der Waals surface area contributed by atoms with Crippen LogP contribution in [0.15, 0.2) is 53.4 Å². The third kappa shape index (κ3) is 3.17. The van der Waals surface area contributed by atoms with Gasteiger partial charge in [-0.15, -0.1) is 11.8 Å². The summed E-state index contributed by atoms with van der Waals surface area (Å²) in [5.41, 5.74) is 7.78. The van der Waals surface area contributed by atoms with Crippen molar-refractivity contribution in [2.45, 2.75) is 10.6 Å². The van der Waals surface area contributed by atoms with Crippen LogP contribution in [-0.4, -0.2) is 7.11 Å². The maximum absolute atomic E-state index is 5.75. The zero-order valence-corrected chi connectivity index (χ0v) is 10.5. The number of benzene rings is 2. The van der Waals surface area contributed by atoms with Gasteiger partial charge in [0.25, 0.3) is 0 Å². The van der Waals surface area contributed by atoms with Gasteiger partial charge in [0.1, 0.15) is 5.75 Å². The third-order valence-electron chi connectivity index (χ3n) is 2.41. The lowest BCUT2D eigenvalue weighted by Gasteiger charge is -2.07. The molecule has 2 aromatic carbocycles. The van der Waals surface area contributed by atoms with Gasteiger partial charge in [-0.25, -0.2) is 0 Å². The highest BCUT2D eigenvalue weighted by Crippen LogP contribution is 2.31. The van der Waals surface area contributed by atoms with Crippen molar-refractivity contribution in [1.29, 1.82) is 0 Å². The van der Waals surface area contributed by atoms with E-state index in [1.165, 1.54) is 5.56 Å². The lowest BCUT2D eigenvalue weighted by molar-refractivity contribution is 0.405. The minimum atomic E-state index is 0.808. The van der Waals surface area contributed by atoms with Gasteiger partial charge < -0.3 is 10.5 Å². The molecule has 2 aromatic rings. The van der Waals surface area contributed by atoms with Gasteiger partial charge in [0, 0.05) is 16.3 Å². The van der Waals surface area contributed by atoms with Gasteiger partial charge in [-0.2, -0.15) is 0 Å². The lowest BCUT2D eigenvalue weighted by atomic mass is 10.2. The smallest absolute Gasteiger partial charge is 0.132 e. The van der Waals surface area contributed by atoms with E-state index in [1.54, 1.807) is 18.9 Å². The average molecular weight is 245 g/mol. The fourth-order valence-corrected chi connectivity index (χ4v) is 2.55. The van der Waals surface area contributed by atoms with Crippen LogP contribution in [0.3, 0.4) is 0 Å². The van der Waals surface area contributed by atoms with Gasteiger partial charge in [-0.1, -0.05) is 24.3 Å². The number of rotatable bonds is 4. The van der Waals surface area contributed by atoms with Crippen LogP contribution >= 0.6 is 11.8 Å². The summed E-state index contributed by atoms with van der Waals surface area (Å²) in [5, 5.41) is 0. The molecule has 0 atom stereocenters. The van der Waals surface area contributed by atoms with Crippen molar-refractivity contribution < 1.29 is 4.74 Å². The highest BCUT2D eigenvalue weighted by Gasteiger charge is 2.02. The molecule has 0 bridgehead atoms. The Bertz CT molecular complexity index is 499. The van der Waals surface area contributed by atoms with E-state index in [4.69, 9.17) is 10.5 Å². The summed E-state index contributed by atoms with van der Waals surface area (Å²) in [7, 11) is 1.69. The number of nitrogen functional groups attached to an aromatic ring is 1. The van der Waals surface area contributed by atoms with E-state index in [-0.39, 0.29) is 0 Å². The van der Waals surface area contributed by atoms with Crippen molar-refractivity contribution in [2.75, 3.05) is 12.8 Å². The van der Waals surface area contributed by atoms with E-state index in [1.807, 2.05) is 36.4 Å². The summed E-state index contributed by atoms with van der Waals surface area (Å²) in [6, 6.07) is 16.0. The van der Waals surface area contributed by atoms with Crippen molar-refractivity contribution in [3.63, 3.8) is 0 Å². The molecule has 2 rings (SSSR count). The zero-order chi connectivity index (χ0) is 12.1. The molecule has 0 saturated heterocycles. The minimum absolute atomic E-state index is 0.808. The van der Waals surface area contributed by atoms with Gasteiger partial charge in [-0.3, -0.25) is 0 Å². The molecule has 17 heavy (non-hydrogen) atoms. The molecule has 0 aliphatic heterocycles. The molecule has 0 unspecified atom stereocenters. The predicted octanol–water partition coefficient (Wildman–Crippen LogP) is 3.57. The number of hydrogen-bond acceptors (Lipinski definition) is 3. The Hall–Kier alpha value is -1.61. The first-order chi connectivity index (χ1) is 8.29. The molecule has 88 valence electrons. The highest BCUT2D eigenvalue weighted by molar-refractivity contribution is 7.98. The Kier molecular flexibility index (Phi) is 3.94. The third-order valence-corrected chi connectivity index (χ3v) is 3.54. The second-order valence-corrected chi connectivity index (χ2v) is 4.70. The largest absolute Gasteiger partial charge is 0.496 e. The first-order valence-electron chi connectivity index (χ1n) is 5.40. The summed E-state index contributed by atoms with van der Waals surface area (Å²) < 4.78 is 5.31. The molecule has 2 N–H and O–H groups in total. The van der Waals surface area contributed by atoms with Crippen LogP contribution in [0.2, 0.25) is 0 Å². The predicted molar refractivity (Wildman–Crippen MR) is 73.4 cm³/mol. The van der Waals surface area contributed by atoms with Gasteiger partial charge >= 0.3 is 0 Å².